The van der Waals surface area contributed by atoms with Crippen LogP contribution in [0.25, 0.3) is 16.7 Å². The van der Waals surface area contributed by atoms with Crippen LogP contribution in [-0.2, 0) is 6.42 Å². The minimum atomic E-state index is 0.515. The van der Waals surface area contributed by atoms with Crippen molar-refractivity contribution in [3.05, 3.63) is 52.0 Å². The number of benzene rings is 1. The van der Waals surface area contributed by atoms with Crippen molar-refractivity contribution in [2.45, 2.75) is 6.42 Å². The van der Waals surface area contributed by atoms with E-state index in [-0.39, 0.29) is 0 Å². The molecule has 0 saturated heterocycles. The van der Waals surface area contributed by atoms with Crippen molar-refractivity contribution in [1.82, 2.24) is 14.5 Å². The molecular formula is C14H10BrCl2N3. The summed E-state index contributed by atoms with van der Waals surface area (Å²) in [6.45, 7) is 0. The number of alkyl halides is 1. The molecular weight excluding hydrogens is 361 g/mol. The van der Waals surface area contributed by atoms with Gasteiger partial charge in [-0.05, 0) is 40.2 Å². The Balaban J connectivity index is 2.26. The first-order valence-electron chi connectivity index (χ1n) is 6.03. The van der Waals surface area contributed by atoms with Crippen LogP contribution in [0.2, 0.25) is 5.02 Å². The van der Waals surface area contributed by atoms with E-state index in [1.54, 1.807) is 12.4 Å². The van der Waals surface area contributed by atoms with Crippen molar-refractivity contribution in [3.63, 3.8) is 0 Å². The summed E-state index contributed by atoms with van der Waals surface area (Å²) in [5.74, 6) is 1.42. The minimum absolute atomic E-state index is 0.515. The lowest BCUT2D eigenvalue weighted by atomic mass is 10.3. The summed E-state index contributed by atoms with van der Waals surface area (Å²) >= 11 is 15.5. The largest absolute Gasteiger partial charge is 0.296 e. The molecule has 102 valence electrons. The second kappa shape index (κ2) is 5.72. The first kappa shape index (κ1) is 13.9. The highest BCUT2D eigenvalue weighted by Crippen LogP contribution is 2.28. The fourth-order valence-electron chi connectivity index (χ4n) is 2.15. The molecule has 0 aliphatic rings. The highest BCUT2D eigenvalue weighted by atomic mass is 79.9. The van der Waals surface area contributed by atoms with Gasteiger partial charge in [-0.2, -0.15) is 0 Å². The van der Waals surface area contributed by atoms with E-state index < -0.39 is 0 Å². The molecule has 2 aromatic heterocycles. The molecule has 3 aromatic rings. The number of hydrogen-bond acceptors (Lipinski definition) is 2. The lowest BCUT2D eigenvalue weighted by Crippen LogP contribution is -2.02. The Morgan fingerprint density at radius 2 is 2.10 bits per heavy atom. The topological polar surface area (TPSA) is 30.7 Å². The van der Waals surface area contributed by atoms with Gasteiger partial charge >= 0.3 is 0 Å². The molecule has 0 fully saturated rings. The van der Waals surface area contributed by atoms with E-state index in [2.05, 4.69) is 30.5 Å². The van der Waals surface area contributed by atoms with Gasteiger partial charge in [0.25, 0.3) is 0 Å². The monoisotopic (exact) mass is 369 g/mol. The summed E-state index contributed by atoms with van der Waals surface area (Å²) in [4.78, 5) is 8.70. The second-order valence-corrected chi connectivity index (χ2v) is 5.90. The maximum absolute atomic E-state index is 6.19. The van der Waals surface area contributed by atoms with Crippen molar-refractivity contribution in [2.75, 3.05) is 5.88 Å². The Morgan fingerprint density at radius 3 is 2.85 bits per heavy atom. The van der Waals surface area contributed by atoms with Crippen molar-refractivity contribution < 1.29 is 0 Å². The van der Waals surface area contributed by atoms with Crippen molar-refractivity contribution in [1.29, 1.82) is 0 Å². The standard InChI is InChI=1S/C14H10BrCl2N3/c15-10-2-1-9(7-11(10)17)20-13-4-6-18-8-12(13)19-14(20)3-5-16/h1-2,4,6-8H,3,5H2. The Labute approximate surface area is 134 Å². The molecule has 20 heavy (non-hydrogen) atoms. The molecule has 3 nitrogen and oxygen atoms in total. The van der Waals surface area contributed by atoms with E-state index in [1.165, 1.54) is 0 Å². The van der Waals surface area contributed by atoms with Gasteiger partial charge in [-0.3, -0.25) is 9.55 Å². The van der Waals surface area contributed by atoms with Gasteiger partial charge in [-0.15, -0.1) is 11.6 Å². The quantitative estimate of drug-likeness (QED) is 0.630. The third-order valence-electron chi connectivity index (χ3n) is 3.01. The molecule has 0 atom stereocenters. The lowest BCUT2D eigenvalue weighted by molar-refractivity contribution is 0.912. The molecule has 0 unspecified atom stereocenters. The molecule has 0 saturated carbocycles. The Kier molecular flexibility index (Phi) is 3.96. The van der Waals surface area contributed by atoms with Gasteiger partial charge in [-0.25, -0.2) is 4.98 Å². The predicted molar refractivity (Wildman–Crippen MR) is 86.0 cm³/mol. The summed E-state index contributed by atoms with van der Waals surface area (Å²) in [7, 11) is 0. The van der Waals surface area contributed by atoms with Gasteiger partial charge in [0.15, 0.2) is 0 Å². The molecule has 0 N–H and O–H groups in total. The Hall–Kier alpha value is -1.10. The average molecular weight is 371 g/mol. The first-order valence-corrected chi connectivity index (χ1v) is 7.74. The van der Waals surface area contributed by atoms with Crippen LogP contribution in [0.15, 0.2) is 41.1 Å². The van der Waals surface area contributed by atoms with Crippen LogP contribution in [0.4, 0.5) is 0 Å². The van der Waals surface area contributed by atoms with Crippen LogP contribution < -0.4 is 0 Å². The van der Waals surface area contributed by atoms with E-state index in [1.807, 2.05) is 24.3 Å². The smallest absolute Gasteiger partial charge is 0.115 e. The molecule has 3 rings (SSSR count). The third kappa shape index (κ3) is 2.43. The van der Waals surface area contributed by atoms with Gasteiger partial charge in [0.2, 0.25) is 0 Å². The molecule has 0 aliphatic carbocycles. The number of pyridine rings is 1. The summed E-state index contributed by atoms with van der Waals surface area (Å²) in [5.41, 5.74) is 2.82. The summed E-state index contributed by atoms with van der Waals surface area (Å²) in [6.07, 6.45) is 4.19. The van der Waals surface area contributed by atoms with Gasteiger partial charge in [0.1, 0.15) is 11.3 Å². The van der Waals surface area contributed by atoms with E-state index in [0.717, 1.165) is 27.0 Å². The van der Waals surface area contributed by atoms with Crippen LogP contribution in [0.1, 0.15) is 5.82 Å². The minimum Gasteiger partial charge on any atom is -0.296 e. The number of fused-ring (bicyclic) bond motifs is 1. The van der Waals surface area contributed by atoms with Crippen LogP contribution >= 0.6 is 39.1 Å². The number of aryl methyl sites for hydroxylation is 1. The molecule has 2 heterocycles. The summed E-state index contributed by atoms with van der Waals surface area (Å²) < 4.78 is 2.94. The van der Waals surface area contributed by atoms with Crippen LogP contribution in [0.3, 0.4) is 0 Å². The normalized spacial score (nSPS) is 11.2. The Morgan fingerprint density at radius 1 is 1.25 bits per heavy atom. The number of halogens is 3. The van der Waals surface area contributed by atoms with E-state index in [0.29, 0.717) is 17.3 Å². The van der Waals surface area contributed by atoms with Crippen molar-refractivity contribution >= 4 is 50.2 Å². The zero-order valence-electron chi connectivity index (χ0n) is 10.4. The zero-order chi connectivity index (χ0) is 14.1. The molecule has 0 bridgehead atoms. The highest BCUT2D eigenvalue weighted by Gasteiger charge is 2.12. The fourth-order valence-corrected chi connectivity index (χ4v) is 2.74. The molecule has 0 amide bonds. The lowest BCUT2D eigenvalue weighted by Gasteiger charge is -2.09. The number of rotatable bonds is 3. The van der Waals surface area contributed by atoms with Gasteiger partial charge < -0.3 is 0 Å². The van der Waals surface area contributed by atoms with Gasteiger partial charge in [0, 0.05) is 28.7 Å². The third-order valence-corrected chi connectivity index (χ3v) is 4.43. The summed E-state index contributed by atoms with van der Waals surface area (Å²) in [6, 6.07) is 7.77. The van der Waals surface area contributed by atoms with E-state index >= 15 is 0 Å². The van der Waals surface area contributed by atoms with E-state index in [9.17, 15) is 0 Å². The maximum Gasteiger partial charge on any atom is 0.115 e. The zero-order valence-corrected chi connectivity index (χ0v) is 13.5. The SMILES string of the molecule is ClCCc1nc2cnccc2n1-c1ccc(Br)c(Cl)c1. The van der Waals surface area contributed by atoms with E-state index in [4.69, 9.17) is 23.2 Å². The predicted octanol–water partition coefficient (Wildman–Crippen LogP) is 4.62. The van der Waals surface area contributed by atoms with Gasteiger partial charge in [-0.1, -0.05) is 11.6 Å². The number of hydrogen-bond donors (Lipinski definition) is 0. The first-order chi connectivity index (χ1) is 9.70. The number of nitrogens with zero attached hydrogens (tertiary/aromatic N) is 3. The average Bonchev–Trinajstić information content (AvgIpc) is 2.80. The van der Waals surface area contributed by atoms with Crippen LogP contribution in [-0.4, -0.2) is 20.4 Å². The second-order valence-electron chi connectivity index (χ2n) is 4.27. The summed E-state index contributed by atoms with van der Waals surface area (Å²) in [5, 5.41) is 0.662. The molecule has 0 spiro atoms. The molecule has 0 aliphatic heterocycles. The van der Waals surface area contributed by atoms with Crippen LogP contribution in [0.5, 0.6) is 0 Å². The molecule has 0 radical (unpaired) electrons. The molecule has 6 heteroatoms. The van der Waals surface area contributed by atoms with Crippen molar-refractivity contribution in [2.24, 2.45) is 0 Å². The fraction of sp³-hybridized carbons (Fsp3) is 0.143. The number of imidazole rings is 1. The number of aromatic nitrogens is 3. The van der Waals surface area contributed by atoms with Crippen LogP contribution in [0, 0.1) is 0 Å². The maximum atomic E-state index is 6.19. The van der Waals surface area contributed by atoms with Crippen molar-refractivity contribution in [3.8, 4) is 5.69 Å². The highest BCUT2D eigenvalue weighted by molar-refractivity contribution is 9.10. The molecule has 1 aromatic carbocycles. The Bertz CT molecular complexity index is 770. The van der Waals surface area contributed by atoms with Gasteiger partial charge in [0.05, 0.1) is 16.7 Å².